The molecule has 0 radical (unpaired) electrons. The van der Waals surface area contributed by atoms with Crippen molar-refractivity contribution in [3.8, 4) is 11.5 Å². The average Bonchev–Trinajstić information content (AvgIpc) is 3.32. The zero-order chi connectivity index (χ0) is 18.6. The Morgan fingerprint density at radius 2 is 1.81 bits per heavy atom. The summed E-state index contributed by atoms with van der Waals surface area (Å²) >= 11 is 1.46. The molecule has 2 aliphatic heterocycles. The molecule has 27 heavy (non-hydrogen) atoms. The van der Waals surface area contributed by atoms with Gasteiger partial charge in [-0.1, -0.05) is 12.1 Å². The molecule has 1 fully saturated rings. The lowest BCUT2D eigenvalue weighted by Gasteiger charge is -2.22. The van der Waals surface area contributed by atoms with Crippen LogP contribution in [0.15, 0.2) is 35.7 Å². The van der Waals surface area contributed by atoms with Crippen LogP contribution in [0.2, 0.25) is 0 Å². The van der Waals surface area contributed by atoms with E-state index in [1.54, 1.807) is 0 Å². The summed E-state index contributed by atoms with van der Waals surface area (Å²) < 4.78 is 10.7. The second-order valence-corrected chi connectivity index (χ2v) is 7.64. The first-order valence-electron chi connectivity index (χ1n) is 9.20. The SMILES string of the molecule is O=C(CCc1ccc2c(c1)OCO2)N1CCCN(C(=O)c2cccs2)CC1. The summed E-state index contributed by atoms with van der Waals surface area (Å²) in [5.41, 5.74) is 1.07. The second-order valence-electron chi connectivity index (χ2n) is 6.69. The predicted molar refractivity (Wildman–Crippen MR) is 102 cm³/mol. The van der Waals surface area contributed by atoms with E-state index in [2.05, 4.69) is 0 Å². The highest BCUT2D eigenvalue weighted by Crippen LogP contribution is 2.32. The average molecular weight is 386 g/mol. The van der Waals surface area contributed by atoms with Gasteiger partial charge in [0.05, 0.1) is 4.88 Å². The van der Waals surface area contributed by atoms with Crippen LogP contribution in [0.3, 0.4) is 0 Å². The topological polar surface area (TPSA) is 59.1 Å². The van der Waals surface area contributed by atoms with Crippen molar-refractivity contribution in [2.24, 2.45) is 0 Å². The van der Waals surface area contributed by atoms with Crippen LogP contribution in [0.4, 0.5) is 0 Å². The maximum Gasteiger partial charge on any atom is 0.263 e. The van der Waals surface area contributed by atoms with Gasteiger partial charge in [-0.05, 0) is 42.0 Å². The van der Waals surface area contributed by atoms with E-state index >= 15 is 0 Å². The van der Waals surface area contributed by atoms with Crippen molar-refractivity contribution in [3.63, 3.8) is 0 Å². The largest absolute Gasteiger partial charge is 0.454 e. The number of ether oxygens (including phenoxy) is 2. The lowest BCUT2D eigenvalue weighted by Crippen LogP contribution is -2.37. The van der Waals surface area contributed by atoms with Gasteiger partial charge in [-0.2, -0.15) is 0 Å². The van der Waals surface area contributed by atoms with Crippen LogP contribution in [0.1, 0.15) is 28.1 Å². The number of thiophene rings is 1. The summed E-state index contributed by atoms with van der Waals surface area (Å²) in [5, 5.41) is 1.91. The van der Waals surface area contributed by atoms with Crippen molar-refractivity contribution in [1.29, 1.82) is 0 Å². The third-order valence-electron chi connectivity index (χ3n) is 4.93. The van der Waals surface area contributed by atoms with E-state index in [1.165, 1.54) is 11.3 Å². The molecule has 6 nitrogen and oxygen atoms in total. The number of carbonyl (C=O) groups is 2. The van der Waals surface area contributed by atoms with Crippen molar-refractivity contribution in [2.75, 3.05) is 33.0 Å². The monoisotopic (exact) mass is 386 g/mol. The van der Waals surface area contributed by atoms with E-state index < -0.39 is 0 Å². The highest BCUT2D eigenvalue weighted by molar-refractivity contribution is 7.12. The van der Waals surface area contributed by atoms with Gasteiger partial charge in [0.1, 0.15) is 0 Å². The molecular weight excluding hydrogens is 364 g/mol. The first kappa shape index (κ1) is 17.9. The molecule has 2 aliphatic rings. The van der Waals surface area contributed by atoms with E-state index in [0.717, 1.165) is 28.4 Å². The molecule has 4 rings (SSSR count). The second kappa shape index (κ2) is 8.00. The van der Waals surface area contributed by atoms with Crippen LogP contribution in [-0.2, 0) is 11.2 Å². The maximum absolute atomic E-state index is 12.6. The molecule has 1 aromatic heterocycles. The number of nitrogens with zero attached hydrogens (tertiary/aromatic N) is 2. The molecule has 2 amide bonds. The summed E-state index contributed by atoms with van der Waals surface area (Å²) in [4.78, 5) is 29.6. The molecule has 0 unspecified atom stereocenters. The van der Waals surface area contributed by atoms with Gasteiger partial charge in [-0.3, -0.25) is 9.59 Å². The van der Waals surface area contributed by atoms with Crippen molar-refractivity contribution in [2.45, 2.75) is 19.3 Å². The lowest BCUT2D eigenvalue weighted by atomic mass is 10.1. The minimum absolute atomic E-state index is 0.0691. The highest BCUT2D eigenvalue weighted by Gasteiger charge is 2.23. The van der Waals surface area contributed by atoms with Gasteiger partial charge >= 0.3 is 0 Å². The first-order chi connectivity index (χ1) is 13.2. The summed E-state index contributed by atoms with van der Waals surface area (Å²) in [7, 11) is 0. The Balaban J connectivity index is 1.30. The number of rotatable bonds is 4. The molecule has 0 bridgehead atoms. The Bertz CT molecular complexity index is 821. The fourth-order valence-corrected chi connectivity index (χ4v) is 4.12. The number of aryl methyl sites for hydroxylation is 1. The fraction of sp³-hybridized carbons (Fsp3) is 0.400. The minimum Gasteiger partial charge on any atom is -0.454 e. The zero-order valence-electron chi connectivity index (χ0n) is 15.1. The molecule has 142 valence electrons. The first-order valence-corrected chi connectivity index (χ1v) is 10.1. The van der Waals surface area contributed by atoms with E-state index in [-0.39, 0.29) is 18.6 Å². The highest BCUT2D eigenvalue weighted by atomic mass is 32.1. The Hall–Kier alpha value is -2.54. The van der Waals surface area contributed by atoms with Gasteiger partial charge in [0.15, 0.2) is 11.5 Å². The normalized spacial score (nSPS) is 16.3. The van der Waals surface area contributed by atoms with Gasteiger partial charge in [-0.15, -0.1) is 11.3 Å². The van der Waals surface area contributed by atoms with Crippen LogP contribution >= 0.6 is 11.3 Å². The lowest BCUT2D eigenvalue weighted by molar-refractivity contribution is -0.131. The molecule has 3 heterocycles. The third-order valence-corrected chi connectivity index (χ3v) is 5.79. The van der Waals surface area contributed by atoms with Crippen LogP contribution in [-0.4, -0.2) is 54.6 Å². The number of carbonyl (C=O) groups excluding carboxylic acids is 2. The van der Waals surface area contributed by atoms with Crippen LogP contribution in [0.25, 0.3) is 0 Å². The smallest absolute Gasteiger partial charge is 0.263 e. The molecule has 0 N–H and O–H groups in total. The van der Waals surface area contributed by atoms with Crippen molar-refractivity contribution in [1.82, 2.24) is 9.80 Å². The van der Waals surface area contributed by atoms with E-state index in [4.69, 9.17) is 9.47 Å². The molecule has 0 saturated carbocycles. The number of fused-ring (bicyclic) bond motifs is 1. The Labute approximate surface area is 162 Å². The molecule has 0 spiro atoms. The number of hydrogen-bond acceptors (Lipinski definition) is 5. The maximum atomic E-state index is 12.6. The fourth-order valence-electron chi connectivity index (χ4n) is 3.43. The third kappa shape index (κ3) is 4.08. The standard InChI is InChI=1S/C20H22N2O4S/c23-19(7-5-15-4-6-16-17(13-15)26-14-25-16)21-8-2-9-22(11-10-21)20(24)18-3-1-12-27-18/h1,3-4,6,12-13H,2,5,7-11,14H2. The Morgan fingerprint density at radius 1 is 1.00 bits per heavy atom. The van der Waals surface area contributed by atoms with Crippen molar-refractivity contribution < 1.29 is 19.1 Å². The molecule has 0 aliphatic carbocycles. The summed E-state index contributed by atoms with van der Waals surface area (Å²) in [5.74, 6) is 1.71. The van der Waals surface area contributed by atoms with E-state index in [9.17, 15) is 9.59 Å². The van der Waals surface area contributed by atoms with Crippen LogP contribution < -0.4 is 9.47 Å². The number of amides is 2. The molecular formula is C20H22N2O4S. The summed E-state index contributed by atoms with van der Waals surface area (Å²) in [6, 6.07) is 9.56. The van der Waals surface area contributed by atoms with Gasteiger partial charge < -0.3 is 19.3 Å². The van der Waals surface area contributed by atoms with Gasteiger partial charge in [-0.25, -0.2) is 0 Å². The zero-order valence-corrected chi connectivity index (χ0v) is 15.9. The molecule has 0 atom stereocenters. The summed E-state index contributed by atoms with van der Waals surface area (Å²) in [6.07, 6.45) is 1.94. The van der Waals surface area contributed by atoms with E-state index in [1.807, 2.05) is 45.5 Å². The van der Waals surface area contributed by atoms with Crippen LogP contribution in [0.5, 0.6) is 11.5 Å². The number of hydrogen-bond donors (Lipinski definition) is 0. The molecule has 2 aromatic rings. The van der Waals surface area contributed by atoms with Gasteiger partial charge in [0.2, 0.25) is 12.7 Å². The Morgan fingerprint density at radius 3 is 2.67 bits per heavy atom. The van der Waals surface area contributed by atoms with Crippen molar-refractivity contribution >= 4 is 23.2 Å². The summed E-state index contributed by atoms with van der Waals surface area (Å²) in [6.45, 7) is 2.84. The Kier molecular flexibility index (Phi) is 5.29. The predicted octanol–water partition coefficient (Wildman–Crippen LogP) is 2.78. The number of benzene rings is 1. The minimum atomic E-state index is 0.0691. The van der Waals surface area contributed by atoms with Crippen molar-refractivity contribution in [3.05, 3.63) is 46.2 Å². The molecule has 1 saturated heterocycles. The molecule has 7 heteroatoms. The van der Waals surface area contributed by atoms with Crippen LogP contribution in [0, 0.1) is 0 Å². The molecule has 1 aromatic carbocycles. The van der Waals surface area contributed by atoms with Gasteiger partial charge in [0, 0.05) is 32.6 Å². The quantitative estimate of drug-likeness (QED) is 0.811. The van der Waals surface area contributed by atoms with Gasteiger partial charge in [0.25, 0.3) is 5.91 Å². The van der Waals surface area contributed by atoms with E-state index in [0.29, 0.717) is 39.0 Å².